The molecule has 0 spiro atoms. The monoisotopic (exact) mass is 387 g/mol. The van der Waals surface area contributed by atoms with Crippen molar-refractivity contribution in [2.24, 2.45) is 5.92 Å². The molecule has 28 heavy (non-hydrogen) atoms. The van der Waals surface area contributed by atoms with Crippen molar-refractivity contribution in [1.29, 1.82) is 0 Å². The molecule has 0 saturated carbocycles. The predicted molar refractivity (Wildman–Crippen MR) is 109 cm³/mol. The number of morpholine rings is 1. The molecular formula is C22H33N3O3. The van der Waals surface area contributed by atoms with Gasteiger partial charge >= 0.3 is 0 Å². The molecule has 0 aromatic heterocycles. The van der Waals surface area contributed by atoms with Crippen molar-refractivity contribution in [3.63, 3.8) is 0 Å². The zero-order chi connectivity index (χ0) is 19.8. The van der Waals surface area contributed by atoms with E-state index in [1.54, 1.807) is 0 Å². The quantitative estimate of drug-likeness (QED) is 0.714. The van der Waals surface area contributed by atoms with Gasteiger partial charge in [-0.15, -0.1) is 0 Å². The first-order chi connectivity index (χ1) is 13.6. The lowest BCUT2D eigenvalue weighted by molar-refractivity contribution is -0.138. The summed E-state index contributed by atoms with van der Waals surface area (Å²) in [6.45, 7) is 4.78. The van der Waals surface area contributed by atoms with E-state index in [4.69, 9.17) is 4.74 Å². The molecule has 2 aliphatic heterocycles. The highest BCUT2D eigenvalue weighted by Crippen LogP contribution is 2.22. The lowest BCUT2D eigenvalue weighted by atomic mass is 9.90. The van der Waals surface area contributed by atoms with Crippen LogP contribution in [0.25, 0.3) is 0 Å². The maximum atomic E-state index is 12.6. The molecule has 2 saturated heterocycles. The third kappa shape index (κ3) is 6.31. The SMILES string of the molecule is CN(CC(=O)N1CCOCC1)CC(=O)N1CCC(CCc2ccccc2)CC1. The molecule has 6 nitrogen and oxygen atoms in total. The molecule has 0 radical (unpaired) electrons. The third-order valence-electron chi connectivity index (χ3n) is 5.83. The van der Waals surface area contributed by atoms with Crippen molar-refractivity contribution in [2.75, 3.05) is 59.5 Å². The number of nitrogens with zero attached hydrogens (tertiary/aromatic N) is 3. The summed E-state index contributed by atoms with van der Waals surface area (Å²) in [4.78, 5) is 30.5. The number of likely N-dealkylation sites (tertiary alicyclic amines) is 1. The van der Waals surface area contributed by atoms with Gasteiger partial charge in [-0.25, -0.2) is 0 Å². The van der Waals surface area contributed by atoms with Gasteiger partial charge in [-0.2, -0.15) is 0 Å². The smallest absolute Gasteiger partial charge is 0.236 e. The van der Waals surface area contributed by atoms with Gasteiger partial charge in [-0.3, -0.25) is 14.5 Å². The van der Waals surface area contributed by atoms with E-state index in [0.717, 1.165) is 32.4 Å². The van der Waals surface area contributed by atoms with Crippen LogP contribution in [0.2, 0.25) is 0 Å². The Morgan fingerprint density at radius 2 is 1.54 bits per heavy atom. The Bertz CT molecular complexity index is 623. The second-order valence-corrected chi connectivity index (χ2v) is 8.01. The number of piperidine rings is 1. The van der Waals surface area contributed by atoms with Crippen molar-refractivity contribution < 1.29 is 14.3 Å². The van der Waals surface area contributed by atoms with Gasteiger partial charge in [-0.1, -0.05) is 30.3 Å². The first kappa shape index (κ1) is 20.8. The lowest BCUT2D eigenvalue weighted by Gasteiger charge is -2.33. The molecule has 2 amide bonds. The lowest BCUT2D eigenvalue weighted by Crippen LogP contribution is -2.48. The molecule has 0 bridgehead atoms. The van der Waals surface area contributed by atoms with Gasteiger partial charge < -0.3 is 14.5 Å². The third-order valence-corrected chi connectivity index (χ3v) is 5.83. The number of amides is 2. The average molecular weight is 388 g/mol. The number of benzene rings is 1. The summed E-state index contributed by atoms with van der Waals surface area (Å²) in [5, 5.41) is 0. The number of rotatable bonds is 7. The summed E-state index contributed by atoms with van der Waals surface area (Å²) in [5.41, 5.74) is 1.40. The molecule has 1 aromatic rings. The van der Waals surface area contributed by atoms with Gasteiger partial charge in [-0.05, 0) is 44.2 Å². The van der Waals surface area contributed by atoms with E-state index in [0.29, 0.717) is 45.3 Å². The van der Waals surface area contributed by atoms with Crippen LogP contribution in [0, 0.1) is 5.92 Å². The molecule has 3 rings (SSSR count). The van der Waals surface area contributed by atoms with E-state index in [-0.39, 0.29) is 11.8 Å². The summed E-state index contributed by atoms with van der Waals surface area (Å²) in [6.07, 6.45) is 4.47. The molecule has 154 valence electrons. The molecule has 0 aliphatic carbocycles. The van der Waals surface area contributed by atoms with Crippen LogP contribution in [0.4, 0.5) is 0 Å². The normalized spacial score (nSPS) is 18.5. The van der Waals surface area contributed by atoms with E-state index in [1.165, 1.54) is 12.0 Å². The van der Waals surface area contributed by atoms with E-state index in [2.05, 4.69) is 30.3 Å². The van der Waals surface area contributed by atoms with E-state index in [9.17, 15) is 9.59 Å². The largest absolute Gasteiger partial charge is 0.378 e. The van der Waals surface area contributed by atoms with Crippen molar-refractivity contribution in [2.45, 2.75) is 25.7 Å². The summed E-state index contributed by atoms with van der Waals surface area (Å²) in [5.74, 6) is 0.918. The van der Waals surface area contributed by atoms with Crippen LogP contribution in [0.1, 0.15) is 24.8 Å². The molecular weight excluding hydrogens is 354 g/mol. The van der Waals surface area contributed by atoms with Crippen molar-refractivity contribution in [3.05, 3.63) is 35.9 Å². The Balaban J connectivity index is 1.34. The molecule has 0 unspecified atom stereocenters. The van der Waals surface area contributed by atoms with Gasteiger partial charge in [0, 0.05) is 26.2 Å². The number of likely N-dealkylation sites (N-methyl/N-ethyl adjacent to an activating group) is 1. The summed E-state index contributed by atoms with van der Waals surface area (Å²) in [7, 11) is 1.85. The minimum atomic E-state index is 0.0817. The van der Waals surface area contributed by atoms with Crippen LogP contribution in [0.15, 0.2) is 30.3 Å². The fourth-order valence-electron chi connectivity index (χ4n) is 4.02. The Kier molecular flexibility index (Phi) is 7.86. The number of hydrogen-bond donors (Lipinski definition) is 0. The molecule has 2 aliphatic rings. The highest BCUT2D eigenvalue weighted by Gasteiger charge is 2.24. The fourth-order valence-corrected chi connectivity index (χ4v) is 4.02. The molecule has 2 heterocycles. The highest BCUT2D eigenvalue weighted by atomic mass is 16.5. The summed E-state index contributed by atoms with van der Waals surface area (Å²) < 4.78 is 5.28. The summed E-state index contributed by atoms with van der Waals surface area (Å²) in [6, 6.07) is 10.6. The van der Waals surface area contributed by atoms with E-state index < -0.39 is 0 Å². The molecule has 0 N–H and O–H groups in total. The maximum Gasteiger partial charge on any atom is 0.236 e. The van der Waals surface area contributed by atoms with Crippen LogP contribution >= 0.6 is 0 Å². The number of hydrogen-bond acceptors (Lipinski definition) is 4. The Morgan fingerprint density at radius 3 is 2.14 bits per heavy atom. The number of ether oxygens (including phenoxy) is 1. The molecule has 1 aromatic carbocycles. The first-order valence-corrected chi connectivity index (χ1v) is 10.5. The van der Waals surface area contributed by atoms with Gasteiger partial charge in [0.15, 0.2) is 0 Å². The highest BCUT2D eigenvalue weighted by molar-refractivity contribution is 5.81. The van der Waals surface area contributed by atoms with Gasteiger partial charge in [0.05, 0.1) is 26.3 Å². The number of aryl methyl sites for hydroxylation is 1. The standard InChI is InChI=1S/C22H33N3O3/c1-23(18-22(27)25-13-15-28-16-14-25)17-21(26)24-11-9-20(10-12-24)8-7-19-5-3-2-4-6-19/h2-6,20H,7-18H2,1H3. The van der Waals surface area contributed by atoms with Crippen LogP contribution in [-0.4, -0.2) is 86.0 Å². The molecule has 0 atom stereocenters. The number of carbonyl (C=O) groups excluding carboxylic acids is 2. The maximum absolute atomic E-state index is 12.6. The van der Waals surface area contributed by atoms with Crippen LogP contribution in [-0.2, 0) is 20.7 Å². The van der Waals surface area contributed by atoms with Crippen LogP contribution in [0.5, 0.6) is 0 Å². The number of carbonyl (C=O) groups is 2. The Morgan fingerprint density at radius 1 is 0.964 bits per heavy atom. The molecule has 2 fully saturated rings. The minimum absolute atomic E-state index is 0.0817. The van der Waals surface area contributed by atoms with Crippen molar-refractivity contribution in [1.82, 2.24) is 14.7 Å². The van der Waals surface area contributed by atoms with E-state index in [1.807, 2.05) is 21.7 Å². The fraction of sp³-hybridized carbons (Fsp3) is 0.636. The van der Waals surface area contributed by atoms with Gasteiger partial charge in [0.2, 0.25) is 11.8 Å². The summed E-state index contributed by atoms with van der Waals surface area (Å²) >= 11 is 0. The zero-order valence-electron chi connectivity index (χ0n) is 17.0. The van der Waals surface area contributed by atoms with Gasteiger partial charge in [0.1, 0.15) is 0 Å². The van der Waals surface area contributed by atoms with Crippen molar-refractivity contribution in [3.8, 4) is 0 Å². The minimum Gasteiger partial charge on any atom is -0.378 e. The van der Waals surface area contributed by atoms with Crippen molar-refractivity contribution >= 4 is 11.8 Å². The van der Waals surface area contributed by atoms with E-state index >= 15 is 0 Å². The second kappa shape index (κ2) is 10.6. The topological polar surface area (TPSA) is 53.1 Å². The second-order valence-electron chi connectivity index (χ2n) is 8.01. The Labute approximate surface area is 168 Å². The first-order valence-electron chi connectivity index (χ1n) is 10.5. The van der Waals surface area contributed by atoms with Crippen LogP contribution < -0.4 is 0 Å². The molecule has 6 heteroatoms. The van der Waals surface area contributed by atoms with Gasteiger partial charge in [0.25, 0.3) is 0 Å². The predicted octanol–water partition coefficient (Wildman–Crippen LogP) is 1.65. The zero-order valence-corrected chi connectivity index (χ0v) is 17.0. The average Bonchev–Trinajstić information content (AvgIpc) is 2.74. The Hall–Kier alpha value is -1.92. The van der Waals surface area contributed by atoms with Crippen LogP contribution in [0.3, 0.4) is 0 Å².